The van der Waals surface area contributed by atoms with Crippen LogP contribution >= 0.6 is 11.6 Å². The van der Waals surface area contributed by atoms with Crippen molar-refractivity contribution < 1.29 is 4.79 Å². The Labute approximate surface area is 203 Å². The summed E-state index contributed by atoms with van der Waals surface area (Å²) in [6.07, 6.45) is 6.00. The lowest BCUT2D eigenvalue weighted by atomic mass is 10.0. The number of benzene rings is 2. The molecule has 34 heavy (non-hydrogen) atoms. The van der Waals surface area contributed by atoms with E-state index >= 15 is 0 Å². The van der Waals surface area contributed by atoms with Crippen LogP contribution in [0.2, 0.25) is 5.02 Å². The number of aryl methyl sites for hydroxylation is 1. The Morgan fingerprint density at radius 2 is 1.94 bits per heavy atom. The molecule has 0 saturated heterocycles. The first-order valence-corrected chi connectivity index (χ1v) is 11.1. The van der Waals surface area contributed by atoms with E-state index in [1.807, 2.05) is 55.7 Å². The summed E-state index contributed by atoms with van der Waals surface area (Å²) >= 11 is 6.30. The maximum atomic E-state index is 13.2. The third-order valence-corrected chi connectivity index (χ3v) is 5.72. The van der Waals surface area contributed by atoms with Gasteiger partial charge in [-0.2, -0.15) is 10.4 Å². The molecule has 0 unspecified atom stereocenters. The van der Waals surface area contributed by atoms with E-state index in [2.05, 4.69) is 26.8 Å². The first-order chi connectivity index (χ1) is 16.5. The van der Waals surface area contributed by atoms with Crippen molar-refractivity contribution >= 4 is 23.3 Å². The van der Waals surface area contributed by atoms with E-state index in [0.717, 1.165) is 22.3 Å². The number of rotatable bonds is 8. The second kappa shape index (κ2) is 10.8. The highest BCUT2D eigenvalue weighted by molar-refractivity contribution is 6.31. The van der Waals surface area contributed by atoms with Crippen LogP contribution in [0.5, 0.6) is 0 Å². The van der Waals surface area contributed by atoms with E-state index in [1.54, 1.807) is 35.3 Å². The Balaban J connectivity index is 1.44. The zero-order valence-electron chi connectivity index (χ0n) is 18.6. The highest BCUT2D eigenvalue weighted by atomic mass is 35.5. The topological polar surface area (TPSA) is 95.6 Å². The van der Waals surface area contributed by atoms with Gasteiger partial charge in [-0.1, -0.05) is 48.0 Å². The van der Waals surface area contributed by atoms with Crippen LogP contribution in [0.25, 0.3) is 11.1 Å². The molecule has 0 radical (unpaired) electrons. The number of aromatic nitrogens is 3. The first kappa shape index (κ1) is 23.2. The molecule has 0 aliphatic heterocycles. The third-order valence-electron chi connectivity index (χ3n) is 5.37. The minimum absolute atomic E-state index is 0.209. The molecule has 0 aliphatic rings. The molecule has 8 heteroatoms. The molecule has 2 N–H and O–H groups in total. The Bertz CT molecular complexity index is 1310. The molecule has 2 aromatic heterocycles. The van der Waals surface area contributed by atoms with E-state index in [4.69, 9.17) is 16.9 Å². The van der Waals surface area contributed by atoms with Crippen LogP contribution in [0.1, 0.15) is 22.7 Å². The number of halogens is 1. The molecule has 0 bridgehead atoms. The van der Waals surface area contributed by atoms with Crippen molar-refractivity contribution in [1.29, 1.82) is 5.26 Å². The van der Waals surface area contributed by atoms with Crippen LogP contribution in [0.3, 0.4) is 0 Å². The van der Waals surface area contributed by atoms with E-state index in [-0.39, 0.29) is 5.91 Å². The summed E-state index contributed by atoms with van der Waals surface area (Å²) in [4.78, 5) is 17.6. The average molecular weight is 471 g/mol. The fourth-order valence-corrected chi connectivity index (χ4v) is 3.86. The summed E-state index contributed by atoms with van der Waals surface area (Å²) in [5.41, 5.74) is 4.15. The van der Waals surface area contributed by atoms with Gasteiger partial charge in [0.1, 0.15) is 11.9 Å². The minimum Gasteiger partial charge on any atom is -0.309 e. The van der Waals surface area contributed by atoms with Gasteiger partial charge in [-0.05, 0) is 41.8 Å². The summed E-state index contributed by atoms with van der Waals surface area (Å²) < 4.78 is 1.73. The second-order valence-corrected chi connectivity index (χ2v) is 8.20. The molecule has 7 nitrogen and oxygen atoms in total. The molecule has 170 valence electrons. The molecule has 1 amide bonds. The lowest BCUT2D eigenvalue weighted by Gasteiger charge is -2.19. The number of carbonyl (C=O) groups is 1. The summed E-state index contributed by atoms with van der Waals surface area (Å²) in [6, 6.07) is 19.9. The molecular weight excluding hydrogens is 448 g/mol. The van der Waals surface area contributed by atoms with Crippen molar-refractivity contribution in [2.24, 2.45) is 7.05 Å². The molecule has 2 aromatic carbocycles. The molecule has 2 heterocycles. The van der Waals surface area contributed by atoms with Gasteiger partial charge < -0.3 is 10.6 Å². The number of nitrogens with zero attached hydrogens (tertiary/aromatic N) is 4. The normalized spacial score (nSPS) is 11.6. The van der Waals surface area contributed by atoms with Crippen LogP contribution in [0.4, 0.5) is 5.82 Å². The number of carbonyl (C=O) groups excluding carboxylic acids is 1. The van der Waals surface area contributed by atoms with Gasteiger partial charge in [0, 0.05) is 42.1 Å². The predicted molar refractivity (Wildman–Crippen MR) is 132 cm³/mol. The second-order valence-electron chi connectivity index (χ2n) is 7.79. The van der Waals surface area contributed by atoms with Crippen LogP contribution in [0, 0.1) is 11.3 Å². The third kappa shape index (κ3) is 5.67. The van der Waals surface area contributed by atoms with Gasteiger partial charge in [-0.25, -0.2) is 4.98 Å². The maximum Gasteiger partial charge on any atom is 0.247 e. The number of amides is 1. The van der Waals surface area contributed by atoms with Crippen molar-refractivity contribution in [2.45, 2.75) is 12.5 Å². The monoisotopic (exact) mass is 470 g/mol. The van der Waals surface area contributed by atoms with Crippen LogP contribution in [-0.4, -0.2) is 27.2 Å². The molecule has 1 atom stereocenters. The standard InChI is InChI=1S/C26H23ClN6O/c1-33-17-22(16-31-33)21-9-10-24(30-15-21)32-26(34)25(20-5-3-2-4-6-20)29-12-11-19-8-7-18(14-28)13-23(19)27/h2-10,13,15-17,25,29H,11-12H2,1H3,(H,30,32,34)/t25-/m0/s1. The average Bonchev–Trinajstić information content (AvgIpc) is 3.29. The first-order valence-electron chi connectivity index (χ1n) is 10.8. The molecule has 0 spiro atoms. The molecule has 0 aliphatic carbocycles. The summed E-state index contributed by atoms with van der Waals surface area (Å²) in [5.74, 6) is 0.259. The van der Waals surface area contributed by atoms with Gasteiger partial charge in [-0.3, -0.25) is 9.48 Å². The SMILES string of the molecule is Cn1cc(-c2ccc(NC(=O)[C@@H](NCCc3ccc(C#N)cc3Cl)c3ccccc3)nc2)cn1. The fraction of sp³-hybridized carbons (Fsp3) is 0.154. The van der Waals surface area contributed by atoms with E-state index in [9.17, 15) is 4.79 Å². The van der Waals surface area contributed by atoms with Gasteiger partial charge in [0.05, 0.1) is 17.8 Å². The van der Waals surface area contributed by atoms with Gasteiger partial charge in [0.2, 0.25) is 5.91 Å². The molecular formula is C26H23ClN6O. The van der Waals surface area contributed by atoms with E-state index in [0.29, 0.717) is 29.4 Å². The van der Waals surface area contributed by atoms with Crippen LogP contribution in [0.15, 0.2) is 79.3 Å². The smallest absolute Gasteiger partial charge is 0.247 e. The fourth-order valence-electron chi connectivity index (χ4n) is 3.59. The lowest BCUT2D eigenvalue weighted by Crippen LogP contribution is -2.34. The maximum absolute atomic E-state index is 13.2. The highest BCUT2D eigenvalue weighted by Crippen LogP contribution is 2.21. The minimum atomic E-state index is -0.571. The zero-order valence-corrected chi connectivity index (χ0v) is 19.3. The number of hydrogen-bond donors (Lipinski definition) is 2. The van der Waals surface area contributed by atoms with E-state index < -0.39 is 6.04 Å². The van der Waals surface area contributed by atoms with Crippen molar-refractivity contribution in [3.05, 3.63) is 101 Å². The van der Waals surface area contributed by atoms with E-state index in [1.165, 1.54) is 0 Å². The predicted octanol–water partition coefficient (Wildman–Crippen LogP) is 4.52. The van der Waals surface area contributed by atoms with Crippen molar-refractivity contribution in [3.8, 4) is 17.2 Å². The van der Waals surface area contributed by atoms with Crippen LogP contribution < -0.4 is 10.6 Å². The Kier molecular flexibility index (Phi) is 7.33. The Morgan fingerprint density at radius 3 is 2.59 bits per heavy atom. The lowest BCUT2D eigenvalue weighted by molar-refractivity contribution is -0.118. The van der Waals surface area contributed by atoms with Crippen molar-refractivity contribution in [1.82, 2.24) is 20.1 Å². The van der Waals surface area contributed by atoms with Gasteiger partial charge in [0.15, 0.2) is 0 Å². The van der Waals surface area contributed by atoms with Gasteiger partial charge >= 0.3 is 0 Å². The van der Waals surface area contributed by atoms with Gasteiger partial charge in [-0.15, -0.1) is 0 Å². The van der Waals surface area contributed by atoms with Crippen molar-refractivity contribution in [2.75, 3.05) is 11.9 Å². The summed E-state index contributed by atoms with van der Waals surface area (Å²) in [5, 5.41) is 20.0. The van der Waals surface area contributed by atoms with Crippen molar-refractivity contribution in [3.63, 3.8) is 0 Å². The number of hydrogen-bond acceptors (Lipinski definition) is 5. The quantitative estimate of drug-likeness (QED) is 0.394. The molecule has 4 rings (SSSR count). The van der Waals surface area contributed by atoms with Gasteiger partial charge in [0.25, 0.3) is 0 Å². The number of pyridine rings is 1. The summed E-state index contributed by atoms with van der Waals surface area (Å²) in [6.45, 7) is 0.520. The molecule has 0 fully saturated rings. The number of nitriles is 1. The largest absolute Gasteiger partial charge is 0.309 e. The highest BCUT2D eigenvalue weighted by Gasteiger charge is 2.20. The molecule has 4 aromatic rings. The number of nitrogens with one attached hydrogen (secondary N) is 2. The molecule has 0 saturated carbocycles. The summed E-state index contributed by atoms with van der Waals surface area (Å²) in [7, 11) is 1.86. The number of anilines is 1. The Morgan fingerprint density at radius 1 is 1.12 bits per heavy atom. The Hall–Kier alpha value is -3.99. The zero-order chi connectivity index (χ0) is 23.9. The van der Waals surface area contributed by atoms with Crippen LogP contribution in [-0.2, 0) is 18.3 Å².